The van der Waals surface area contributed by atoms with Crippen LogP contribution in [0.1, 0.15) is 37.7 Å². The van der Waals surface area contributed by atoms with Crippen molar-refractivity contribution in [2.24, 2.45) is 0 Å². The summed E-state index contributed by atoms with van der Waals surface area (Å²) in [6.45, 7) is 2.90. The lowest BCUT2D eigenvalue weighted by Crippen LogP contribution is -2.37. The highest BCUT2D eigenvalue weighted by Crippen LogP contribution is 2.33. The molecule has 2 unspecified atom stereocenters. The maximum absolute atomic E-state index is 12.2. The van der Waals surface area contributed by atoms with E-state index in [1.165, 1.54) is 0 Å². The third-order valence-corrected chi connectivity index (χ3v) is 3.41. The Morgan fingerprint density at radius 3 is 3.11 bits per heavy atom. The van der Waals surface area contributed by atoms with Gasteiger partial charge in [-0.25, -0.2) is 0 Å². The molecule has 1 aromatic carbocycles. The van der Waals surface area contributed by atoms with Crippen molar-refractivity contribution in [2.45, 2.75) is 38.2 Å². The fraction of sp³-hybridized carbons (Fsp3) is 0.533. The second-order valence-electron chi connectivity index (χ2n) is 4.92. The van der Waals surface area contributed by atoms with E-state index in [1.54, 1.807) is 0 Å². The van der Waals surface area contributed by atoms with E-state index >= 15 is 0 Å². The lowest BCUT2D eigenvalue weighted by molar-refractivity contribution is -0.123. The van der Waals surface area contributed by atoms with Crippen LogP contribution in [0.2, 0.25) is 0 Å². The Labute approximate surface area is 113 Å². The number of aliphatic hydroxyl groups excluding tert-OH is 1. The van der Waals surface area contributed by atoms with E-state index in [-0.39, 0.29) is 11.8 Å². The standard InChI is InChI=1S/C15H21NO3/c1-2-5-11(17)10-16-15(18)13-8-9-19-14-7-4-3-6-12(13)14/h3-4,6-7,11,13,17H,2,5,8-10H2,1H3,(H,16,18). The van der Waals surface area contributed by atoms with Crippen LogP contribution in [0.4, 0.5) is 0 Å². The van der Waals surface area contributed by atoms with Crippen molar-refractivity contribution in [3.05, 3.63) is 29.8 Å². The van der Waals surface area contributed by atoms with Crippen LogP contribution >= 0.6 is 0 Å². The highest BCUT2D eigenvalue weighted by molar-refractivity contribution is 5.84. The van der Waals surface area contributed by atoms with Crippen molar-refractivity contribution in [1.29, 1.82) is 0 Å². The number of aliphatic hydroxyl groups is 1. The van der Waals surface area contributed by atoms with Gasteiger partial charge in [0.2, 0.25) is 5.91 Å². The number of carbonyl (C=O) groups is 1. The van der Waals surface area contributed by atoms with Gasteiger partial charge < -0.3 is 15.2 Å². The molecule has 1 amide bonds. The smallest absolute Gasteiger partial charge is 0.227 e. The van der Waals surface area contributed by atoms with E-state index in [0.29, 0.717) is 26.0 Å². The monoisotopic (exact) mass is 263 g/mol. The normalized spacial score (nSPS) is 19.2. The molecule has 19 heavy (non-hydrogen) atoms. The molecular weight excluding hydrogens is 242 g/mol. The molecule has 0 radical (unpaired) electrons. The second kappa shape index (κ2) is 6.57. The summed E-state index contributed by atoms with van der Waals surface area (Å²) in [7, 11) is 0. The molecule has 1 heterocycles. The van der Waals surface area contributed by atoms with Gasteiger partial charge in [-0.15, -0.1) is 0 Å². The lowest BCUT2D eigenvalue weighted by Gasteiger charge is -2.25. The van der Waals surface area contributed by atoms with Crippen LogP contribution in [-0.2, 0) is 4.79 Å². The summed E-state index contributed by atoms with van der Waals surface area (Å²) in [5.74, 6) is 0.604. The first-order valence-corrected chi connectivity index (χ1v) is 6.90. The van der Waals surface area contributed by atoms with E-state index in [2.05, 4.69) is 5.32 Å². The second-order valence-corrected chi connectivity index (χ2v) is 4.92. The van der Waals surface area contributed by atoms with Crippen LogP contribution in [0, 0.1) is 0 Å². The average molecular weight is 263 g/mol. The maximum Gasteiger partial charge on any atom is 0.227 e. The first-order chi connectivity index (χ1) is 9.22. The average Bonchev–Trinajstić information content (AvgIpc) is 2.44. The van der Waals surface area contributed by atoms with Crippen molar-refractivity contribution in [3.8, 4) is 5.75 Å². The molecule has 2 atom stereocenters. The minimum Gasteiger partial charge on any atom is -0.493 e. The zero-order chi connectivity index (χ0) is 13.7. The summed E-state index contributed by atoms with van der Waals surface area (Å²) in [4.78, 5) is 12.2. The molecule has 0 aliphatic carbocycles. The number of rotatable bonds is 5. The topological polar surface area (TPSA) is 58.6 Å². The summed E-state index contributed by atoms with van der Waals surface area (Å²) < 4.78 is 5.54. The predicted molar refractivity (Wildman–Crippen MR) is 73.2 cm³/mol. The van der Waals surface area contributed by atoms with Gasteiger partial charge in [0.25, 0.3) is 0 Å². The number of hydrogen-bond acceptors (Lipinski definition) is 3. The number of hydrogen-bond donors (Lipinski definition) is 2. The Bertz CT molecular complexity index is 433. The lowest BCUT2D eigenvalue weighted by atomic mass is 9.92. The number of carbonyl (C=O) groups excluding carboxylic acids is 1. The largest absolute Gasteiger partial charge is 0.493 e. The Morgan fingerprint density at radius 1 is 1.53 bits per heavy atom. The van der Waals surface area contributed by atoms with Crippen molar-refractivity contribution < 1.29 is 14.6 Å². The zero-order valence-electron chi connectivity index (χ0n) is 11.3. The van der Waals surface area contributed by atoms with Crippen molar-refractivity contribution >= 4 is 5.91 Å². The Balaban J connectivity index is 1.97. The number of ether oxygens (including phenoxy) is 1. The first kappa shape index (κ1) is 13.9. The molecule has 4 heteroatoms. The zero-order valence-corrected chi connectivity index (χ0v) is 11.3. The Hall–Kier alpha value is -1.55. The third kappa shape index (κ3) is 3.47. The molecule has 0 saturated carbocycles. The maximum atomic E-state index is 12.2. The van der Waals surface area contributed by atoms with Gasteiger partial charge in [-0.3, -0.25) is 4.79 Å². The molecule has 104 valence electrons. The minimum absolute atomic E-state index is 0.0223. The molecule has 0 saturated heterocycles. The van der Waals surface area contributed by atoms with Gasteiger partial charge in [0.05, 0.1) is 18.6 Å². The highest BCUT2D eigenvalue weighted by atomic mass is 16.5. The molecule has 1 aromatic rings. The van der Waals surface area contributed by atoms with E-state index in [0.717, 1.165) is 17.7 Å². The molecule has 4 nitrogen and oxygen atoms in total. The van der Waals surface area contributed by atoms with Gasteiger partial charge in [-0.1, -0.05) is 31.5 Å². The summed E-state index contributed by atoms with van der Waals surface area (Å²) in [6.07, 6.45) is 1.86. The van der Waals surface area contributed by atoms with Gasteiger partial charge in [0, 0.05) is 12.1 Å². The number of amides is 1. The van der Waals surface area contributed by atoms with Crippen molar-refractivity contribution in [2.75, 3.05) is 13.2 Å². The molecule has 0 spiro atoms. The van der Waals surface area contributed by atoms with Gasteiger partial charge >= 0.3 is 0 Å². The van der Waals surface area contributed by atoms with E-state index in [4.69, 9.17) is 4.74 Å². The predicted octanol–water partition coefficient (Wildman–Crippen LogP) is 1.83. The van der Waals surface area contributed by atoms with Crippen LogP contribution in [0.15, 0.2) is 24.3 Å². The molecule has 2 rings (SSSR count). The summed E-state index contributed by atoms with van der Waals surface area (Å²) >= 11 is 0. The van der Waals surface area contributed by atoms with Crippen LogP contribution in [0.5, 0.6) is 5.75 Å². The fourth-order valence-electron chi connectivity index (χ4n) is 2.39. The SMILES string of the molecule is CCCC(O)CNC(=O)C1CCOc2ccccc21. The molecule has 1 aliphatic rings. The van der Waals surface area contributed by atoms with E-state index in [9.17, 15) is 9.90 Å². The van der Waals surface area contributed by atoms with Gasteiger partial charge in [-0.2, -0.15) is 0 Å². The summed E-state index contributed by atoms with van der Waals surface area (Å²) in [5, 5.41) is 12.5. The molecule has 0 bridgehead atoms. The van der Waals surface area contributed by atoms with Crippen LogP contribution < -0.4 is 10.1 Å². The van der Waals surface area contributed by atoms with Gasteiger partial charge in [-0.05, 0) is 18.9 Å². The first-order valence-electron chi connectivity index (χ1n) is 6.90. The third-order valence-electron chi connectivity index (χ3n) is 3.41. The highest BCUT2D eigenvalue weighted by Gasteiger charge is 2.27. The van der Waals surface area contributed by atoms with Crippen LogP contribution in [0.3, 0.4) is 0 Å². The molecule has 1 aliphatic heterocycles. The summed E-state index contributed by atoms with van der Waals surface area (Å²) in [5.41, 5.74) is 0.941. The fourth-order valence-corrected chi connectivity index (χ4v) is 2.39. The summed E-state index contributed by atoms with van der Waals surface area (Å²) in [6, 6.07) is 7.64. The molecule has 0 fully saturated rings. The number of nitrogens with one attached hydrogen (secondary N) is 1. The number of fused-ring (bicyclic) bond motifs is 1. The van der Waals surface area contributed by atoms with Crippen LogP contribution in [0.25, 0.3) is 0 Å². The minimum atomic E-state index is -0.455. The number of benzene rings is 1. The number of para-hydroxylation sites is 1. The van der Waals surface area contributed by atoms with Crippen LogP contribution in [-0.4, -0.2) is 30.3 Å². The molecule has 0 aromatic heterocycles. The Morgan fingerprint density at radius 2 is 2.32 bits per heavy atom. The van der Waals surface area contributed by atoms with Gasteiger partial charge in [0.1, 0.15) is 5.75 Å². The van der Waals surface area contributed by atoms with Crippen molar-refractivity contribution in [3.63, 3.8) is 0 Å². The van der Waals surface area contributed by atoms with Gasteiger partial charge in [0.15, 0.2) is 0 Å². The molecule has 2 N–H and O–H groups in total. The molecular formula is C15H21NO3. The van der Waals surface area contributed by atoms with E-state index < -0.39 is 6.10 Å². The quantitative estimate of drug-likeness (QED) is 0.852. The Kier molecular flexibility index (Phi) is 4.80. The van der Waals surface area contributed by atoms with Crippen molar-refractivity contribution in [1.82, 2.24) is 5.32 Å². The van der Waals surface area contributed by atoms with E-state index in [1.807, 2.05) is 31.2 Å².